The maximum absolute atomic E-state index is 12.9. The molecule has 0 radical (unpaired) electrons. The number of hydrogen-bond donors (Lipinski definition) is 0. The average molecular weight is 361 g/mol. The van der Waals surface area contributed by atoms with Gasteiger partial charge in [0.2, 0.25) is 0 Å². The summed E-state index contributed by atoms with van der Waals surface area (Å²) in [6.07, 6.45) is 5.75. The van der Waals surface area contributed by atoms with E-state index in [1.807, 2.05) is 35.2 Å². The Balaban J connectivity index is 1.21. The van der Waals surface area contributed by atoms with Crippen molar-refractivity contribution in [3.05, 3.63) is 60.2 Å². The van der Waals surface area contributed by atoms with Crippen molar-refractivity contribution in [2.75, 3.05) is 26.2 Å². The summed E-state index contributed by atoms with van der Waals surface area (Å²) < 4.78 is 0. The van der Waals surface area contributed by atoms with Crippen molar-refractivity contribution in [2.45, 2.75) is 31.7 Å². The standard InChI is InChI=1S/C24H28N2O/c27-24(21-10-8-20(9-11-21)19-4-2-1-3-5-19)26-14-12-25(13-15-26)23-17-18-6-7-22(23)16-18/h1-5,8-11,18,22-23H,6-7,12-17H2/t18-,22-,23-/m0/s1. The minimum absolute atomic E-state index is 0.183. The minimum atomic E-state index is 0.183. The van der Waals surface area contributed by atoms with E-state index in [-0.39, 0.29) is 5.91 Å². The van der Waals surface area contributed by atoms with Gasteiger partial charge in [0.25, 0.3) is 5.91 Å². The van der Waals surface area contributed by atoms with Crippen LogP contribution >= 0.6 is 0 Å². The van der Waals surface area contributed by atoms with Gasteiger partial charge in [-0.1, -0.05) is 48.9 Å². The third-order valence-electron chi connectivity index (χ3n) is 7.01. The first kappa shape index (κ1) is 17.0. The Morgan fingerprint density at radius 3 is 2.11 bits per heavy atom. The molecule has 2 saturated carbocycles. The van der Waals surface area contributed by atoms with Gasteiger partial charge >= 0.3 is 0 Å². The zero-order valence-electron chi connectivity index (χ0n) is 15.9. The molecule has 1 saturated heterocycles. The highest BCUT2D eigenvalue weighted by Gasteiger charge is 2.42. The van der Waals surface area contributed by atoms with Crippen LogP contribution in [-0.2, 0) is 0 Å². The van der Waals surface area contributed by atoms with E-state index in [1.54, 1.807) is 0 Å². The summed E-state index contributed by atoms with van der Waals surface area (Å²) in [6.45, 7) is 3.82. The Morgan fingerprint density at radius 1 is 0.778 bits per heavy atom. The molecule has 0 spiro atoms. The van der Waals surface area contributed by atoms with Crippen LogP contribution in [0.1, 0.15) is 36.0 Å². The number of nitrogens with zero attached hydrogens (tertiary/aromatic N) is 2. The predicted octanol–water partition coefficient (Wildman–Crippen LogP) is 4.30. The van der Waals surface area contributed by atoms with Crippen LogP contribution in [0.15, 0.2) is 54.6 Å². The lowest BCUT2D eigenvalue weighted by atomic mass is 9.93. The van der Waals surface area contributed by atoms with Gasteiger partial charge in [-0.05, 0) is 54.4 Å². The molecule has 1 aliphatic heterocycles. The van der Waals surface area contributed by atoms with Crippen LogP contribution in [0, 0.1) is 11.8 Å². The first-order valence-corrected chi connectivity index (χ1v) is 10.5. The molecule has 3 heteroatoms. The van der Waals surface area contributed by atoms with Crippen molar-refractivity contribution in [1.82, 2.24) is 9.80 Å². The molecule has 3 aliphatic rings. The number of carbonyl (C=O) groups is 1. The second-order valence-electron chi connectivity index (χ2n) is 8.51. The third-order valence-corrected chi connectivity index (χ3v) is 7.01. The van der Waals surface area contributed by atoms with Crippen molar-refractivity contribution in [1.29, 1.82) is 0 Å². The molecule has 2 bridgehead atoms. The van der Waals surface area contributed by atoms with E-state index >= 15 is 0 Å². The lowest BCUT2D eigenvalue weighted by Crippen LogP contribution is -2.53. The van der Waals surface area contributed by atoms with Gasteiger partial charge in [0.15, 0.2) is 0 Å². The second kappa shape index (κ2) is 7.12. The number of carbonyl (C=O) groups excluding carboxylic acids is 1. The number of rotatable bonds is 3. The van der Waals surface area contributed by atoms with E-state index < -0.39 is 0 Å². The molecule has 2 aromatic carbocycles. The van der Waals surface area contributed by atoms with E-state index in [4.69, 9.17) is 0 Å². The van der Waals surface area contributed by atoms with Crippen LogP contribution in [0.3, 0.4) is 0 Å². The number of fused-ring (bicyclic) bond motifs is 2. The molecule has 140 valence electrons. The minimum Gasteiger partial charge on any atom is -0.336 e. The lowest BCUT2D eigenvalue weighted by molar-refractivity contribution is 0.0496. The van der Waals surface area contributed by atoms with E-state index in [1.165, 1.54) is 31.2 Å². The fraction of sp³-hybridized carbons (Fsp3) is 0.458. The van der Waals surface area contributed by atoms with E-state index in [2.05, 4.69) is 29.2 Å². The number of amides is 1. The van der Waals surface area contributed by atoms with Crippen molar-refractivity contribution < 1.29 is 4.79 Å². The quantitative estimate of drug-likeness (QED) is 0.815. The van der Waals surface area contributed by atoms with Gasteiger partial charge in [0, 0.05) is 37.8 Å². The zero-order chi connectivity index (χ0) is 18.2. The Bertz CT molecular complexity index is 793. The fourth-order valence-electron chi connectivity index (χ4n) is 5.53. The molecular formula is C24H28N2O. The normalized spacial score (nSPS) is 27.9. The van der Waals surface area contributed by atoms with Crippen LogP contribution in [-0.4, -0.2) is 47.9 Å². The predicted molar refractivity (Wildman–Crippen MR) is 109 cm³/mol. The lowest BCUT2D eigenvalue weighted by Gasteiger charge is -2.41. The van der Waals surface area contributed by atoms with Gasteiger partial charge in [-0.2, -0.15) is 0 Å². The van der Waals surface area contributed by atoms with Crippen molar-refractivity contribution >= 4 is 5.91 Å². The van der Waals surface area contributed by atoms with Crippen LogP contribution in [0.2, 0.25) is 0 Å². The summed E-state index contributed by atoms with van der Waals surface area (Å²) >= 11 is 0. The monoisotopic (exact) mass is 360 g/mol. The number of piperazine rings is 1. The molecule has 2 aromatic rings. The van der Waals surface area contributed by atoms with Gasteiger partial charge in [-0.25, -0.2) is 0 Å². The fourth-order valence-corrected chi connectivity index (χ4v) is 5.53. The highest BCUT2D eigenvalue weighted by molar-refractivity contribution is 5.94. The molecular weight excluding hydrogens is 332 g/mol. The SMILES string of the molecule is O=C(c1ccc(-c2ccccc2)cc1)N1CCN([C@H]2C[C@H]3CC[C@H]2C3)CC1. The largest absolute Gasteiger partial charge is 0.336 e. The highest BCUT2D eigenvalue weighted by Crippen LogP contribution is 2.46. The first-order valence-electron chi connectivity index (χ1n) is 10.5. The Morgan fingerprint density at radius 2 is 1.48 bits per heavy atom. The molecule has 0 N–H and O–H groups in total. The van der Waals surface area contributed by atoms with Gasteiger partial charge in [0.1, 0.15) is 0 Å². The molecule has 3 atom stereocenters. The molecule has 2 aliphatic carbocycles. The topological polar surface area (TPSA) is 23.6 Å². The molecule has 5 rings (SSSR count). The molecule has 0 unspecified atom stereocenters. The second-order valence-corrected chi connectivity index (χ2v) is 8.51. The van der Waals surface area contributed by atoms with Crippen LogP contribution in [0.4, 0.5) is 0 Å². The maximum Gasteiger partial charge on any atom is 0.253 e. The summed E-state index contributed by atoms with van der Waals surface area (Å²) in [5.74, 6) is 2.10. The van der Waals surface area contributed by atoms with E-state index in [0.29, 0.717) is 0 Å². The van der Waals surface area contributed by atoms with Crippen LogP contribution in [0.5, 0.6) is 0 Å². The third kappa shape index (κ3) is 3.29. The summed E-state index contributed by atoms with van der Waals surface area (Å²) in [5, 5.41) is 0. The maximum atomic E-state index is 12.9. The highest BCUT2D eigenvalue weighted by atomic mass is 16.2. The van der Waals surface area contributed by atoms with E-state index in [9.17, 15) is 4.79 Å². The Labute approximate surface area is 162 Å². The van der Waals surface area contributed by atoms with Crippen LogP contribution in [0.25, 0.3) is 11.1 Å². The summed E-state index contributed by atoms with van der Waals surface area (Å²) in [4.78, 5) is 17.6. The molecule has 1 heterocycles. The first-order chi connectivity index (χ1) is 13.3. The number of benzene rings is 2. The van der Waals surface area contributed by atoms with Gasteiger partial charge in [-0.3, -0.25) is 9.69 Å². The summed E-state index contributed by atoms with van der Waals surface area (Å²) in [5.41, 5.74) is 3.16. The molecule has 3 nitrogen and oxygen atoms in total. The van der Waals surface area contributed by atoms with Crippen molar-refractivity contribution in [3.8, 4) is 11.1 Å². The Hall–Kier alpha value is -2.13. The van der Waals surface area contributed by atoms with Gasteiger partial charge in [0.05, 0.1) is 0 Å². The molecule has 3 fully saturated rings. The Kier molecular flexibility index (Phi) is 4.48. The van der Waals surface area contributed by atoms with Crippen molar-refractivity contribution in [2.24, 2.45) is 11.8 Å². The summed E-state index contributed by atoms with van der Waals surface area (Å²) in [6, 6.07) is 19.2. The summed E-state index contributed by atoms with van der Waals surface area (Å²) in [7, 11) is 0. The molecule has 0 aromatic heterocycles. The average Bonchev–Trinajstić information content (AvgIpc) is 3.38. The molecule has 1 amide bonds. The van der Waals surface area contributed by atoms with Crippen LogP contribution < -0.4 is 0 Å². The smallest absolute Gasteiger partial charge is 0.253 e. The number of hydrogen-bond acceptors (Lipinski definition) is 2. The van der Waals surface area contributed by atoms with Crippen molar-refractivity contribution in [3.63, 3.8) is 0 Å². The van der Waals surface area contributed by atoms with Gasteiger partial charge < -0.3 is 4.90 Å². The molecule has 27 heavy (non-hydrogen) atoms. The van der Waals surface area contributed by atoms with E-state index in [0.717, 1.165) is 55.2 Å². The van der Waals surface area contributed by atoms with Gasteiger partial charge in [-0.15, -0.1) is 0 Å². The zero-order valence-corrected chi connectivity index (χ0v) is 15.9.